The highest BCUT2D eigenvalue weighted by Gasteiger charge is 2.55. The van der Waals surface area contributed by atoms with Crippen LogP contribution in [-0.2, 0) is 9.53 Å². The van der Waals surface area contributed by atoms with Crippen molar-refractivity contribution < 1.29 is 19.4 Å². The number of aliphatic imine (C=N–C) groups is 1. The van der Waals surface area contributed by atoms with Crippen molar-refractivity contribution in [3.8, 4) is 5.75 Å². The summed E-state index contributed by atoms with van der Waals surface area (Å²) >= 11 is 0. The molecule has 0 radical (unpaired) electrons. The van der Waals surface area contributed by atoms with Gasteiger partial charge >= 0.3 is 0 Å². The fraction of sp³-hybridized carbons (Fsp3) is 0.214. The van der Waals surface area contributed by atoms with Crippen LogP contribution in [0.3, 0.4) is 0 Å². The van der Waals surface area contributed by atoms with Crippen LogP contribution in [0.2, 0.25) is 0 Å². The van der Waals surface area contributed by atoms with Gasteiger partial charge in [0.15, 0.2) is 11.6 Å². The molecule has 0 unspecified atom stereocenters. The lowest BCUT2D eigenvalue weighted by Gasteiger charge is -2.35. The molecule has 172 valence electrons. The van der Waals surface area contributed by atoms with Crippen molar-refractivity contribution in [1.82, 2.24) is 0 Å². The van der Waals surface area contributed by atoms with Gasteiger partial charge in [0.1, 0.15) is 5.75 Å². The van der Waals surface area contributed by atoms with Crippen LogP contribution >= 0.6 is 0 Å². The van der Waals surface area contributed by atoms with Gasteiger partial charge in [-0.3, -0.25) is 4.79 Å². The zero-order valence-electron chi connectivity index (χ0n) is 18.7. The van der Waals surface area contributed by atoms with Gasteiger partial charge < -0.3 is 19.9 Å². The molecule has 1 amide bonds. The Balaban J connectivity index is 1.46. The normalized spacial score (nSPS) is 20.8. The van der Waals surface area contributed by atoms with Crippen LogP contribution in [0.25, 0.3) is 6.08 Å². The summed E-state index contributed by atoms with van der Waals surface area (Å²) in [6.07, 6.45) is 4.45. The number of nitrogens with zero attached hydrogens (tertiary/aromatic N) is 1. The topological polar surface area (TPSA) is 80.2 Å². The molecule has 2 aliphatic heterocycles. The number of aliphatic hydroxyl groups is 1. The molecule has 0 bridgehead atoms. The fourth-order valence-electron chi connectivity index (χ4n) is 4.30. The minimum atomic E-state index is -1.09. The summed E-state index contributed by atoms with van der Waals surface area (Å²) in [5.41, 5.74) is 2.42. The molecule has 0 fully saturated rings. The van der Waals surface area contributed by atoms with Gasteiger partial charge in [-0.15, -0.1) is 0 Å². The molecule has 2 heterocycles. The number of rotatable bonds is 8. The second kappa shape index (κ2) is 9.53. The third-order valence-electron chi connectivity index (χ3n) is 6.06. The Hall–Kier alpha value is -3.90. The molecule has 0 saturated heterocycles. The molecule has 0 spiro atoms. The van der Waals surface area contributed by atoms with E-state index in [1.165, 1.54) is 0 Å². The monoisotopic (exact) mass is 454 g/mol. The first-order valence-electron chi connectivity index (χ1n) is 11.4. The molecule has 0 aliphatic carbocycles. The van der Waals surface area contributed by atoms with Crippen molar-refractivity contribution in [2.24, 2.45) is 4.99 Å². The lowest BCUT2D eigenvalue weighted by atomic mass is 9.81. The van der Waals surface area contributed by atoms with E-state index in [-0.39, 0.29) is 12.5 Å². The van der Waals surface area contributed by atoms with E-state index in [1.54, 1.807) is 0 Å². The molecule has 34 heavy (non-hydrogen) atoms. The molecule has 6 heteroatoms. The van der Waals surface area contributed by atoms with Crippen LogP contribution < -0.4 is 10.1 Å². The molecule has 2 atom stereocenters. The number of fused-ring (bicyclic) bond motifs is 3. The minimum Gasteiger partial charge on any atom is -0.494 e. The van der Waals surface area contributed by atoms with E-state index in [0.717, 1.165) is 22.4 Å². The average molecular weight is 455 g/mol. The summed E-state index contributed by atoms with van der Waals surface area (Å²) in [6, 6.07) is 25.1. The maximum absolute atomic E-state index is 13.4. The summed E-state index contributed by atoms with van der Waals surface area (Å²) in [4.78, 5) is 18.3. The Labute approximate surface area is 198 Å². The van der Waals surface area contributed by atoms with Crippen LogP contribution in [0.15, 0.2) is 89.9 Å². The Morgan fingerprint density at radius 3 is 2.59 bits per heavy atom. The standard InChI is InChI=1S/C28H26N2O4/c31-18-7-19-33-22-15-13-21(14-16-22)26-30-28(17-6-10-20-8-2-1-3-9-20)25(34-26)23-11-4-5-12-24(23)29-27(28)32/h1-6,8-16,25,31H,7,17-19H2,(H,29,32)/b10-6+/t25-,28-/m0/s1. The SMILES string of the molecule is O=C1Nc2ccccc2[C@@H]2OC(c3ccc(OCCCO)cc3)=N[C@]12C/C=C/c1ccccc1. The number of anilines is 1. The number of aliphatic hydroxyl groups excluding tert-OH is 1. The van der Waals surface area contributed by atoms with Crippen molar-refractivity contribution in [2.45, 2.75) is 24.5 Å². The van der Waals surface area contributed by atoms with Gasteiger partial charge in [0.25, 0.3) is 5.91 Å². The number of benzene rings is 3. The van der Waals surface area contributed by atoms with Gasteiger partial charge in [-0.25, -0.2) is 4.99 Å². The molecular formula is C28H26N2O4. The van der Waals surface area contributed by atoms with Gasteiger partial charge in [-0.05, 0) is 35.9 Å². The molecule has 2 N–H and O–H groups in total. The molecule has 0 aromatic heterocycles. The molecule has 3 aromatic carbocycles. The molecule has 6 nitrogen and oxygen atoms in total. The first-order chi connectivity index (χ1) is 16.7. The summed E-state index contributed by atoms with van der Waals surface area (Å²) < 4.78 is 12.0. The molecule has 3 aromatic rings. The molecule has 5 rings (SSSR count). The second-order valence-electron chi connectivity index (χ2n) is 8.35. The van der Waals surface area contributed by atoms with Crippen LogP contribution in [-0.4, -0.2) is 35.7 Å². The van der Waals surface area contributed by atoms with Crippen LogP contribution in [0.5, 0.6) is 5.75 Å². The Bertz CT molecular complexity index is 1220. The summed E-state index contributed by atoms with van der Waals surface area (Å²) in [6.45, 7) is 0.539. The maximum atomic E-state index is 13.4. The number of hydrogen-bond donors (Lipinski definition) is 2. The quantitative estimate of drug-likeness (QED) is 0.481. The predicted molar refractivity (Wildman–Crippen MR) is 132 cm³/mol. The highest BCUT2D eigenvalue weighted by atomic mass is 16.5. The summed E-state index contributed by atoms with van der Waals surface area (Å²) in [5, 5.41) is 12.0. The lowest BCUT2D eigenvalue weighted by Crippen LogP contribution is -2.47. The fourth-order valence-corrected chi connectivity index (χ4v) is 4.30. The van der Waals surface area contributed by atoms with E-state index in [4.69, 9.17) is 19.6 Å². The smallest absolute Gasteiger partial charge is 0.257 e. The Morgan fingerprint density at radius 2 is 1.79 bits per heavy atom. The van der Waals surface area contributed by atoms with E-state index in [2.05, 4.69) is 5.32 Å². The van der Waals surface area contributed by atoms with E-state index < -0.39 is 11.6 Å². The van der Waals surface area contributed by atoms with E-state index >= 15 is 0 Å². The maximum Gasteiger partial charge on any atom is 0.257 e. The summed E-state index contributed by atoms with van der Waals surface area (Å²) in [7, 11) is 0. The number of hydrogen-bond acceptors (Lipinski definition) is 5. The van der Waals surface area contributed by atoms with Gasteiger partial charge in [-0.1, -0.05) is 60.7 Å². The largest absolute Gasteiger partial charge is 0.494 e. The van der Waals surface area contributed by atoms with Crippen molar-refractivity contribution >= 4 is 23.6 Å². The number of nitrogens with one attached hydrogen (secondary N) is 1. The highest BCUT2D eigenvalue weighted by Crippen LogP contribution is 2.48. The molecule has 2 aliphatic rings. The number of ether oxygens (including phenoxy) is 2. The van der Waals surface area contributed by atoms with Gasteiger partial charge in [0.2, 0.25) is 5.90 Å². The zero-order chi connectivity index (χ0) is 23.4. The predicted octanol–water partition coefficient (Wildman–Crippen LogP) is 4.76. The van der Waals surface area contributed by atoms with E-state index in [1.807, 2.05) is 91.0 Å². The van der Waals surface area contributed by atoms with Gasteiger partial charge in [0.05, 0.1) is 6.61 Å². The van der Waals surface area contributed by atoms with E-state index in [0.29, 0.717) is 31.1 Å². The van der Waals surface area contributed by atoms with Gasteiger partial charge in [0, 0.05) is 36.3 Å². The minimum absolute atomic E-state index is 0.0917. The Morgan fingerprint density at radius 1 is 1.03 bits per heavy atom. The first-order valence-corrected chi connectivity index (χ1v) is 11.4. The molecule has 0 saturated carbocycles. The third-order valence-corrected chi connectivity index (χ3v) is 6.06. The Kier molecular flexibility index (Phi) is 6.14. The number of carbonyl (C=O) groups excluding carboxylic acids is 1. The summed E-state index contributed by atoms with van der Waals surface area (Å²) in [5.74, 6) is 0.969. The van der Waals surface area contributed by atoms with Crippen LogP contribution in [0.1, 0.15) is 35.6 Å². The van der Waals surface area contributed by atoms with Crippen molar-refractivity contribution in [3.63, 3.8) is 0 Å². The van der Waals surface area contributed by atoms with Crippen LogP contribution in [0.4, 0.5) is 5.69 Å². The molecular weight excluding hydrogens is 428 g/mol. The van der Waals surface area contributed by atoms with Gasteiger partial charge in [-0.2, -0.15) is 0 Å². The van der Waals surface area contributed by atoms with Crippen molar-refractivity contribution in [3.05, 3.63) is 102 Å². The van der Waals surface area contributed by atoms with Crippen molar-refractivity contribution in [2.75, 3.05) is 18.5 Å². The lowest BCUT2D eigenvalue weighted by molar-refractivity contribution is -0.124. The first kappa shape index (κ1) is 21.9. The van der Waals surface area contributed by atoms with Crippen LogP contribution in [0, 0.1) is 0 Å². The third kappa shape index (κ3) is 4.20. The zero-order valence-corrected chi connectivity index (χ0v) is 18.7. The number of carbonyl (C=O) groups is 1. The second-order valence-corrected chi connectivity index (χ2v) is 8.35. The number of amides is 1. The van der Waals surface area contributed by atoms with E-state index in [9.17, 15) is 4.79 Å². The van der Waals surface area contributed by atoms with Crippen molar-refractivity contribution in [1.29, 1.82) is 0 Å². The average Bonchev–Trinajstić information content (AvgIpc) is 3.27. The highest BCUT2D eigenvalue weighted by molar-refractivity contribution is 6.07. The number of para-hydroxylation sites is 1.